The van der Waals surface area contributed by atoms with Crippen molar-refractivity contribution >= 4 is 0 Å². The molecule has 0 heterocycles. The highest BCUT2D eigenvalue weighted by molar-refractivity contribution is 4.73. The van der Waals surface area contributed by atoms with Gasteiger partial charge < -0.3 is 0 Å². The quantitative estimate of drug-likeness (QED) is 0.262. The van der Waals surface area contributed by atoms with Gasteiger partial charge in [-0.05, 0) is 19.3 Å². The number of allylic oxidation sites excluding steroid dienone is 1. The van der Waals surface area contributed by atoms with E-state index in [1.807, 2.05) is 6.08 Å². The molecule has 0 bridgehead atoms. The van der Waals surface area contributed by atoms with Crippen molar-refractivity contribution in [2.75, 3.05) is 0 Å². The molecule has 0 aliphatic rings. The zero-order chi connectivity index (χ0) is 11.9. The third-order valence-electron chi connectivity index (χ3n) is 3.09. The average molecular weight is 223 g/mol. The maximum absolute atomic E-state index is 3.73. The van der Waals surface area contributed by atoms with Crippen molar-refractivity contribution in [1.29, 1.82) is 0 Å². The molecule has 0 nitrogen and oxygen atoms in total. The molecule has 0 heteroatoms. The summed E-state index contributed by atoms with van der Waals surface area (Å²) in [5.41, 5.74) is 0. The van der Waals surface area contributed by atoms with E-state index < -0.39 is 0 Å². The summed E-state index contributed by atoms with van der Waals surface area (Å²) in [5.74, 6) is 0. The Morgan fingerprint density at radius 1 is 0.688 bits per heavy atom. The van der Waals surface area contributed by atoms with Crippen molar-refractivity contribution in [3.8, 4) is 0 Å². The zero-order valence-electron chi connectivity index (χ0n) is 11.3. The molecule has 0 rings (SSSR count). The van der Waals surface area contributed by atoms with E-state index in [2.05, 4.69) is 19.9 Å². The second-order valence-corrected chi connectivity index (χ2v) is 4.77. The molecular formula is C16H31. The molecule has 0 aromatic rings. The van der Waals surface area contributed by atoms with Crippen LogP contribution in [-0.4, -0.2) is 0 Å². The highest BCUT2D eigenvalue weighted by Crippen LogP contribution is 2.11. The summed E-state index contributed by atoms with van der Waals surface area (Å²) >= 11 is 0. The predicted molar refractivity (Wildman–Crippen MR) is 75.6 cm³/mol. The first-order chi connectivity index (χ1) is 7.91. The first kappa shape index (κ1) is 15.7. The van der Waals surface area contributed by atoms with Crippen molar-refractivity contribution in [3.05, 3.63) is 19.1 Å². The van der Waals surface area contributed by atoms with E-state index in [1.165, 1.54) is 70.6 Å². The first-order valence-corrected chi connectivity index (χ1v) is 7.34. The Bertz CT molecular complexity index is 126. The van der Waals surface area contributed by atoms with Gasteiger partial charge in [0.15, 0.2) is 0 Å². The Morgan fingerprint density at radius 2 is 1.25 bits per heavy atom. The zero-order valence-corrected chi connectivity index (χ0v) is 11.3. The van der Waals surface area contributed by atoms with E-state index in [0.717, 1.165) is 6.42 Å². The predicted octanol–water partition coefficient (Wildman–Crippen LogP) is 6.08. The summed E-state index contributed by atoms with van der Waals surface area (Å²) in [6.45, 7) is 6.01. The summed E-state index contributed by atoms with van der Waals surface area (Å²) in [6, 6.07) is 0. The van der Waals surface area contributed by atoms with Crippen LogP contribution in [0.2, 0.25) is 0 Å². The van der Waals surface area contributed by atoms with Crippen LogP contribution in [0.3, 0.4) is 0 Å². The number of rotatable bonds is 13. The van der Waals surface area contributed by atoms with Gasteiger partial charge in [0, 0.05) is 0 Å². The van der Waals surface area contributed by atoms with Crippen molar-refractivity contribution in [3.63, 3.8) is 0 Å². The molecule has 0 fully saturated rings. The van der Waals surface area contributed by atoms with Gasteiger partial charge in [0.1, 0.15) is 0 Å². The van der Waals surface area contributed by atoms with Gasteiger partial charge in [-0.25, -0.2) is 0 Å². The van der Waals surface area contributed by atoms with Gasteiger partial charge in [-0.15, -0.1) is 6.58 Å². The van der Waals surface area contributed by atoms with Gasteiger partial charge in [-0.3, -0.25) is 0 Å². The van der Waals surface area contributed by atoms with Crippen molar-refractivity contribution in [2.24, 2.45) is 0 Å². The molecule has 1 radical (unpaired) electrons. The second kappa shape index (κ2) is 14.7. The first-order valence-electron chi connectivity index (χ1n) is 7.34. The fourth-order valence-electron chi connectivity index (χ4n) is 1.98. The third kappa shape index (κ3) is 13.7. The Hall–Kier alpha value is -0.260. The molecule has 0 aliphatic heterocycles. The van der Waals surface area contributed by atoms with Crippen LogP contribution in [-0.2, 0) is 0 Å². The summed E-state index contributed by atoms with van der Waals surface area (Å²) in [6.07, 6.45) is 21.0. The van der Waals surface area contributed by atoms with E-state index in [1.54, 1.807) is 0 Å². The largest absolute Gasteiger partial charge is 0.103 e. The molecule has 0 aromatic carbocycles. The Morgan fingerprint density at radius 3 is 1.81 bits per heavy atom. The van der Waals surface area contributed by atoms with Crippen molar-refractivity contribution < 1.29 is 0 Å². The molecule has 0 aromatic heterocycles. The van der Waals surface area contributed by atoms with Crippen LogP contribution in [0.1, 0.15) is 84.0 Å². The lowest BCUT2D eigenvalue weighted by Crippen LogP contribution is -1.82. The molecular weight excluding hydrogens is 192 g/mol. The molecule has 0 saturated carbocycles. The highest BCUT2D eigenvalue weighted by atomic mass is 14.0. The van der Waals surface area contributed by atoms with E-state index in [0.29, 0.717) is 0 Å². The third-order valence-corrected chi connectivity index (χ3v) is 3.09. The van der Waals surface area contributed by atoms with Gasteiger partial charge in [0.2, 0.25) is 0 Å². The minimum absolute atomic E-state index is 1.15. The van der Waals surface area contributed by atoms with E-state index in [4.69, 9.17) is 0 Å². The minimum Gasteiger partial charge on any atom is -0.103 e. The lowest BCUT2D eigenvalue weighted by molar-refractivity contribution is 0.562. The van der Waals surface area contributed by atoms with Crippen LogP contribution in [0.25, 0.3) is 0 Å². The molecule has 0 amide bonds. The van der Waals surface area contributed by atoms with Gasteiger partial charge in [-0.2, -0.15) is 0 Å². The number of unbranched alkanes of at least 4 members (excludes halogenated alkanes) is 12. The summed E-state index contributed by atoms with van der Waals surface area (Å²) in [7, 11) is 0. The van der Waals surface area contributed by atoms with Crippen LogP contribution in [0.15, 0.2) is 12.7 Å². The Kier molecular flexibility index (Phi) is 14.5. The van der Waals surface area contributed by atoms with Gasteiger partial charge in [0.05, 0.1) is 0 Å². The van der Waals surface area contributed by atoms with E-state index in [9.17, 15) is 0 Å². The van der Waals surface area contributed by atoms with Crippen molar-refractivity contribution in [2.45, 2.75) is 84.0 Å². The molecule has 0 spiro atoms. The molecule has 0 unspecified atom stereocenters. The molecule has 0 aliphatic carbocycles. The molecule has 0 N–H and O–H groups in total. The normalized spacial score (nSPS) is 10.6. The summed E-state index contributed by atoms with van der Waals surface area (Å²) < 4.78 is 0. The lowest BCUT2D eigenvalue weighted by Gasteiger charge is -2.01. The SMILES string of the molecule is C=CCC[CH]CCCCCCCCCCC. The monoisotopic (exact) mass is 223 g/mol. The average Bonchev–Trinajstić information content (AvgIpc) is 2.31. The fourth-order valence-corrected chi connectivity index (χ4v) is 1.98. The van der Waals surface area contributed by atoms with Gasteiger partial charge in [-0.1, -0.05) is 77.2 Å². The maximum atomic E-state index is 3.73. The van der Waals surface area contributed by atoms with Crippen LogP contribution in [0.5, 0.6) is 0 Å². The Balaban J connectivity index is 2.85. The maximum Gasteiger partial charge on any atom is -0.0351 e. The van der Waals surface area contributed by atoms with E-state index in [-0.39, 0.29) is 0 Å². The second-order valence-electron chi connectivity index (χ2n) is 4.77. The molecule has 16 heavy (non-hydrogen) atoms. The molecule has 0 saturated heterocycles. The number of hydrogen-bond donors (Lipinski definition) is 0. The van der Waals surface area contributed by atoms with Crippen molar-refractivity contribution in [1.82, 2.24) is 0 Å². The molecule has 95 valence electrons. The summed E-state index contributed by atoms with van der Waals surface area (Å²) in [5, 5.41) is 0. The standard InChI is InChI=1S/C16H31/c1-3-5-7-9-11-13-15-16-14-12-10-8-6-4-2/h3,9H,1,4-8,10-16H2,2H3. The lowest BCUT2D eigenvalue weighted by atomic mass is 10.0. The van der Waals surface area contributed by atoms with Gasteiger partial charge >= 0.3 is 0 Å². The Labute approximate surface area is 104 Å². The fraction of sp³-hybridized carbons (Fsp3) is 0.812. The van der Waals surface area contributed by atoms with Crippen LogP contribution < -0.4 is 0 Å². The summed E-state index contributed by atoms with van der Waals surface area (Å²) in [4.78, 5) is 0. The van der Waals surface area contributed by atoms with E-state index >= 15 is 0 Å². The van der Waals surface area contributed by atoms with Crippen LogP contribution >= 0.6 is 0 Å². The van der Waals surface area contributed by atoms with Crippen LogP contribution in [0.4, 0.5) is 0 Å². The molecule has 0 atom stereocenters. The van der Waals surface area contributed by atoms with Crippen LogP contribution in [0, 0.1) is 6.42 Å². The number of hydrogen-bond acceptors (Lipinski definition) is 0. The van der Waals surface area contributed by atoms with Gasteiger partial charge in [0.25, 0.3) is 0 Å². The minimum atomic E-state index is 1.15. The topological polar surface area (TPSA) is 0 Å². The smallest absolute Gasteiger partial charge is 0.0351 e. The highest BCUT2D eigenvalue weighted by Gasteiger charge is 1.92.